The van der Waals surface area contributed by atoms with Crippen LogP contribution in [-0.4, -0.2) is 42.7 Å². The topological polar surface area (TPSA) is 101 Å². The van der Waals surface area contributed by atoms with Crippen molar-refractivity contribution in [3.63, 3.8) is 0 Å². The van der Waals surface area contributed by atoms with Crippen molar-refractivity contribution in [1.82, 2.24) is 10.1 Å². The average Bonchev–Trinajstić information content (AvgIpc) is 3.39. The van der Waals surface area contributed by atoms with E-state index >= 15 is 0 Å². The zero-order valence-corrected chi connectivity index (χ0v) is 17.1. The Morgan fingerprint density at radius 1 is 1.10 bits per heavy atom. The lowest BCUT2D eigenvalue weighted by Gasteiger charge is -2.07. The number of benzene rings is 1. The Morgan fingerprint density at radius 3 is 2.59 bits per heavy atom. The summed E-state index contributed by atoms with van der Waals surface area (Å²) in [7, 11) is 3.09. The van der Waals surface area contributed by atoms with Gasteiger partial charge in [-0.2, -0.15) is 4.98 Å². The third kappa shape index (κ3) is 5.20. The van der Waals surface area contributed by atoms with Crippen LogP contribution in [0.25, 0.3) is 11.4 Å². The summed E-state index contributed by atoms with van der Waals surface area (Å²) in [5.41, 5.74) is 0.692. The Balaban J connectivity index is 1.52. The summed E-state index contributed by atoms with van der Waals surface area (Å²) in [6, 6.07) is 8.84. The van der Waals surface area contributed by atoms with Crippen LogP contribution in [-0.2, 0) is 16.0 Å². The molecule has 0 bridgehead atoms. The summed E-state index contributed by atoms with van der Waals surface area (Å²) >= 11 is 1.37. The van der Waals surface area contributed by atoms with Crippen LogP contribution in [0.4, 0.5) is 0 Å². The molecule has 0 aliphatic rings. The fourth-order valence-electron chi connectivity index (χ4n) is 2.53. The van der Waals surface area contributed by atoms with Crippen molar-refractivity contribution in [2.24, 2.45) is 0 Å². The van der Waals surface area contributed by atoms with Crippen LogP contribution in [0.3, 0.4) is 0 Å². The number of carbonyl (C=O) groups is 2. The van der Waals surface area contributed by atoms with Gasteiger partial charge >= 0.3 is 5.97 Å². The molecule has 152 valence electrons. The summed E-state index contributed by atoms with van der Waals surface area (Å²) in [4.78, 5) is 29.8. The molecule has 29 heavy (non-hydrogen) atoms. The molecule has 0 radical (unpaired) electrons. The molecule has 0 aliphatic carbocycles. The molecule has 0 spiro atoms. The Labute approximate surface area is 171 Å². The summed E-state index contributed by atoms with van der Waals surface area (Å²) < 4.78 is 20.7. The highest BCUT2D eigenvalue weighted by molar-refractivity contribution is 7.14. The zero-order valence-electron chi connectivity index (χ0n) is 16.3. The normalized spacial score (nSPS) is 10.6. The third-order valence-electron chi connectivity index (χ3n) is 4.03. The van der Waals surface area contributed by atoms with E-state index in [1.165, 1.54) is 11.3 Å². The van der Waals surface area contributed by atoms with Crippen molar-refractivity contribution < 1.29 is 28.3 Å². The molecule has 0 aliphatic heterocycles. The van der Waals surface area contributed by atoms with Gasteiger partial charge in [-0.25, -0.2) is 0 Å². The van der Waals surface area contributed by atoms with E-state index in [0.717, 1.165) is 4.88 Å². The standard InChI is InChI=1S/C20H20N2O6S/c1-12-4-7-17(29-12)14(23)11-27-19(24)9-8-18-21-20(22-28-18)13-5-6-15(25-2)16(10-13)26-3/h4-7,10H,8-9,11H2,1-3H3. The van der Waals surface area contributed by atoms with Crippen LogP contribution in [0.2, 0.25) is 0 Å². The van der Waals surface area contributed by atoms with Crippen molar-refractivity contribution in [1.29, 1.82) is 0 Å². The zero-order chi connectivity index (χ0) is 20.8. The van der Waals surface area contributed by atoms with Gasteiger partial charge in [-0.1, -0.05) is 5.16 Å². The Morgan fingerprint density at radius 2 is 1.90 bits per heavy atom. The lowest BCUT2D eigenvalue weighted by atomic mass is 10.2. The number of methoxy groups -OCH3 is 2. The lowest BCUT2D eigenvalue weighted by molar-refractivity contribution is -0.142. The molecule has 0 fully saturated rings. The summed E-state index contributed by atoms with van der Waals surface area (Å²) in [5, 5.41) is 3.92. The van der Waals surface area contributed by atoms with Crippen LogP contribution in [0, 0.1) is 6.92 Å². The quantitative estimate of drug-likeness (QED) is 0.386. The van der Waals surface area contributed by atoms with Crippen LogP contribution >= 0.6 is 11.3 Å². The molecule has 3 rings (SSSR count). The van der Waals surface area contributed by atoms with Crippen LogP contribution < -0.4 is 9.47 Å². The molecule has 9 heteroatoms. The highest BCUT2D eigenvalue weighted by Crippen LogP contribution is 2.31. The van der Waals surface area contributed by atoms with Gasteiger partial charge in [0.1, 0.15) is 0 Å². The SMILES string of the molecule is COc1ccc(-c2noc(CCC(=O)OCC(=O)c3ccc(C)s3)n2)cc1OC. The van der Waals surface area contributed by atoms with Crippen LogP contribution in [0.15, 0.2) is 34.9 Å². The smallest absolute Gasteiger partial charge is 0.306 e. The van der Waals surface area contributed by atoms with Crippen molar-refractivity contribution in [2.75, 3.05) is 20.8 Å². The van der Waals surface area contributed by atoms with E-state index in [1.807, 2.05) is 13.0 Å². The van der Waals surface area contributed by atoms with Gasteiger partial charge in [-0.05, 0) is 37.3 Å². The van der Waals surface area contributed by atoms with Crippen LogP contribution in [0.1, 0.15) is 26.9 Å². The number of thiophene rings is 1. The predicted octanol–water partition coefficient (Wildman–Crippen LogP) is 3.48. The second-order valence-electron chi connectivity index (χ2n) is 6.08. The molecule has 0 saturated heterocycles. The van der Waals surface area contributed by atoms with Crippen molar-refractivity contribution in [3.05, 3.63) is 46.0 Å². The lowest BCUT2D eigenvalue weighted by Crippen LogP contribution is -2.13. The number of rotatable bonds is 9. The average molecular weight is 416 g/mol. The summed E-state index contributed by atoms with van der Waals surface area (Å²) in [6.45, 7) is 1.63. The number of aryl methyl sites for hydroxylation is 2. The number of carbonyl (C=O) groups excluding carboxylic acids is 2. The maximum Gasteiger partial charge on any atom is 0.306 e. The Hall–Kier alpha value is -3.20. The van der Waals surface area contributed by atoms with E-state index in [9.17, 15) is 9.59 Å². The predicted molar refractivity (Wildman–Crippen MR) is 106 cm³/mol. The molecule has 2 heterocycles. The molecular weight excluding hydrogens is 396 g/mol. The number of esters is 1. The van der Waals surface area contributed by atoms with Crippen molar-refractivity contribution in [2.45, 2.75) is 19.8 Å². The molecule has 1 aromatic carbocycles. The fraction of sp³-hybridized carbons (Fsp3) is 0.300. The Kier molecular flexibility index (Phi) is 6.61. The third-order valence-corrected chi connectivity index (χ3v) is 5.07. The van der Waals surface area contributed by atoms with Crippen molar-refractivity contribution >= 4 is 23.1 Å². The molecule has 0 saturated carbocycles. The second-order valence-corrected chi connectivity index (χ2v) is 7.36. The number of hydrogen-bond acceptors (Lipinski definition) is 9. The minimum atomic E-state index is -0.502. The fourth-order valence-corrected chi connectivity index (χ4v) is 3.32. The monoisotopic (exact) mass is 416 g/mol. The van der Waals surface area contributed by atoms with Gasteiger partial charge in [0.15, 0.2) is 18.1 Å². The highest BCUT2D eigenvalue weighted by Gasteiger charge is 2.15. The molecule has 0 N–H and O–H groups in total. The van der Waals surface area contributed by atoms with Gasteiger partial charge < -0.3 is 18.7 Å². The van der Waals surface area contributed by atoms with E-state index in [1.54, 1.807) is 38.5 Å². The first-order valence-corrected chi connectivity index (χ1v) is 9.62. The first-order valence-electron chi connectivity index (χ1n) is 8.80. The highest BCUT2D eigenvalue weighted by atomic mass is 32.1. The van der Waals surface area contributed by atoms with Gasteiger partial charge in [0.05, 0.1) is 25.5 Å². The van der Waals surface area contributed by atoms with Gasteiger partial charge in [0.2, 0.25) is 17.5 Å². The number of Topliss-reactive ketones (excluding diaryl/α,β-unsaturated/α-hetero) is 1. The second kappa shape index (κ2) is 9.33. The number of ketones is 1. The molecule has 0 atom stereocenters. The van der Waals surface area contributed by atoms with Crippen molar-refractivity contribution in [3.8, 4) is 22.9 Å². The van der Waals surface area contributed by atoms with Crippen LogP contribution in [0.5, 0.6) is 11.5 Å². The van der Waals surface area contributed by atoms with Gasteiger partial charge in [0, 0.05) is 16.9 Å². The molecule has 0 amide bonds. The number of ether oxygens (including phenoxy) is 3. The van der Waals surface area contributed by atoms with Gasteiger partial charge in [-0.3, -0.25) is 9.59 Å². The number of hydrogen-bond donors (Lipinski definition) is 0. The molecule has 8 nitrogen and oxygen atoms in total. The molecular formula is C20H20N2O6S. The number of nitrogens with zero attached hydrogens (tertiary/aromatic N) is 2. The minimum absolute atomic E-state index is 0.0321. The van der Waals surface area contributed by atoms with E-state index < -0.39 is 5.97 Å². The van der Waals surface area contributed by atoms with E-state index in [0.29, 0.717) is 33.7 Å². The van der Waals surface area contributed by atoms with Gasteiger partial charge in [0.25, 0.3) is 0 Å². The molecule has 0 unspecified atom stereocenters. The van der Waals surface area contributed by atoms with E-state index in [2.05, 4.69) is 10.1 Å². The minimum Gasteiger partial charge on any atom is -0.493 e. The Bertz CT molecular complexity index is 1010. The molecule has 2 aromatic heterocycles. The number of aromatic nitrogens is 2. The first kappa shape index (κ1) is 20.5. The first-order chi connectivity index (χ1) is 14.0. The van der Waals surface area contributed by atoms with Gasteiger partial charge in [-0.15, -0.1) is 11.3 Å². The maximum absolute atomic E-state index is 12.0. The summed E-state index contributed by atoms with van der Waals surface area (Å²) in [5.74, 6) is 1.09. The molecule has 3 aromatic rings. The van der Waals surface area contributed by atoms with E-state index in [-0.39, 0.29) is 25.2 Å². The summed E-state index contributed by atoms with van der Waals surface area (Å²) in [6.07, 6.45) is 0.246. The van der Waals surface area contributed by atoms with E-state index in [4.69, 9.17) is 18.7 Å². The largest absolute Gasteiger partial charge is 0.493 e. The maximum atomic E-state index is 12.0.